The number of fused-ring (bicyclic) bond motifs is 2. The lowest BCUT2D eigenvalue weighted by molar-refractivity contribution is -0.385. The summed E-state index contributed by atoms with van der Waals surface area (Å²) >= 11 is 12.4. The highest BCUT2D eigenvalue weighted by Crippen LogP contribution is 2.31. The van der Waals surface area contributed by atoms with Crippen LogP contribution in [0.4, 0.5) is 21.0 Å². The molecule has 0 saturated heterocycles. The normalized spacial score (nSPS) is 14.8. The Balaban J connectivity index is 0.000000182. The van der Waals surface area contributed by atoms with Crippen LogP contribution in [0.2, 0.25) is 10.0 Å². The minimum atomic E-state index is -1.23. The van der Waals surface area contributed by atoms with Gasteiger partial charge in [0.2, 0.25) is 0 Å². The lowest BCUT2D eigenvalue weighted by Gasteiger charge is -2.19. The number of hydrogen-bond donors (Lipinski definition) is 3. The number of allylic oxidation sites excluding steroid dienone is 2. The largest absolute Gasteiger partial charge is 0.463 e. The number of aryl methyl sites for hydroxylation is 2. The van der Waals surface area contributed by atoms with Gasteiger partial charge in [-0.2, -0.15) is 20.2 Å². The highest BCUT2D eigenvalue weighted by Gasteiger charge is 2.29. The van der Waals surface area contributed by atoms with E-state index >= 15 is 0 Å². The van der Waals surface area contributed by atoms with Gasteiger partial charge in [0, 0.05) is 67.1 Å². The quantitative estimate of drug-likeness (QED) is 0.107. The third kappa shape index (κ3) is 8.09. The van der Waals surface area contributed by atoms with Crippen molar-refractivity contribution >= 4 is 70.3 Å². The fourth-order valence-corrected chi connectivity index (χ4v) is 6.22. The van der Waals surface area contributed by atoms with E-state index < -0.39 is 11.0 Å². The number of nitrogens with one attached hydrogen (secondary N) is 1. The van der Waals surface area contributed by atoms with Gasteiger partial charge in [0.05, 0.1) is 16.3 Å². The van der Waals surface area contributed by atoms with Crippen molar-refractivity contribution in [3.63, 3.8) is 0 Å². The molecule has 270 valence electrons. The molecule has 3 amide bonds. The number of halogens is 2. The number of amides is 3. The third-order valence-corrected chi connectivity index (χ3v) is 9.30. The van der Waals surface area contributed by atoms with E-state index in [1.54, 1.807) is 50.3 Å². The minimum absolute atomic E-state index is 0.0151. The van der Waals surface area contributed by atoms with Crippen molar-refractivity contribution in [2.75, 3.05) is 5.73 Å². The number of anilines is 1. The van der Waals surface area contributed by atoms with Gasteiger partial charge < -0.3 is 16.2 Å². The van der Waals surface area contributed by atoms with Crippen LogP contribution in [-0.2, 0) is 0 Å². The Kier molecular flexibility index (Phi) is 10.4. The van der Waals surface area contributed by atoms with Crippen molar-refractivity contribution in [1.82, 2.24) is 15.3 Å². The number of rotatable bonds is 4. The molecule has 0 aromatic heterocycles. The maximum atomic E-state index is 12.7. The molecule has 0 radical (unpaired) electrons. The van der Waals surface area contributed by atoms with Gasteiger partial charge in [-0.25, -0.2) is 9.59 Å². The van der Waals surface area contributed by atoms with Gasteiger partial charge in [-0.1, -0.05) is 41.4 Å². The van der Waals surface area contributed by atoms with Crippen LogP contribution in [-0.4, -0.2) is 49.6 Å². The molecule has 2 heterocycles. The second kappa shape index (κ2) is 14.9. The average Bonchev–Trinajstić information content (AvgIpc) is 3.94. The van der Waals surface area contributed by atoms with E-state index in [9.17, 15) is 24.8 Å². The van der Waals surface area contributed by atoms with Gasteiger partial charge in [0.15, 0.2) is 0 Å². The molecule has 4 N–H and O–H groups in total. The van der Waals surface area contributed by atoms with Crippen molar-refractivity contribution in [3.8, 4) is 0 Å². The number of nitrogens with two attached hydrogens (primary N) is 1. The minimum Gasteiger partial charge on any atom is -0.463 e. The molecule has 0 unspecified atom stereocenters. The number of nitrogens with zero attached hydrogens (tertiary/aromatic N) is 5. The Hall–Kier alpha value is -5.98. The number of nitrogen functional groups attached to an aromatic ring is 1. The van der Waals surface area contributed by atoms with E-state index in [4.69, 9.17) is 34.0 Å². The van der Waals surface area contributed by atoms with Gasteiger partial charge in [-0.15, -0.1) is 0 Å². The van der Waals surface area contributed by atoms with E-state index in [1.165, 1.54) is 11.1 Å². The van der Waals surface area contributed by atoms with E-state index in [0.29, 0.717) is 43.9 Å². The molecule has 4 aromatic carbocycles. The number of hydrazone groups is 2. The molecule has 14 heteroatoms. The molecule has 12 nitrogen and oxygen atoms in total. The first-order chi connectivity index (χ1) is 25.2. The summed E-state index contributed by atoms with van der Waals surface area (Å²) in [5.74, 6) is 0. The summed E-state index contributed by atoms with van der Waals surface area (Å²) in [4.78, 5) is 34.9. The van der Waals surface area contributed by atoms with E-state index in [0.717, 1.165) is 57.1 Å². The van der Waals surface area contributed by atoms with Gasteiger partial charge in [-0.05, 0) is 118 Å². The van der Waals surface area contributed by atoms with Gasteiger partial charge in [-0.3, -0.25) is 10.1 Å². The first-order valence-corrected chi connectivity index (χ1v) is 17.3. The molecule has 53 heavy (non-hydrogen) atoms. The summed E-state index contributed by atoms with van der Waals surface area (Å²) in [5, 5.41) is 35.9. The summed E-state index contributed by atoms with van der Waals surface area (Å²) in [5.41, 5.74) is 15.0. The summed E-state index contributed by atoms with van der Waals surface area (Å²) in [6, 6.07) is 21.2. The van der Waals surface area contributed by atoms with Gasteiger partial charge in [0.1, 0.15) is 0 Å². The van der Waals surface area contributed by atoms with Crippen LogP contribution in [0.25, 0.3) is 12.2 Å². The molecule has 2 aliphatic heterocycles. The Bertz CT molecular complexity index is 2310. The van der Waals surface area contributed by atoms with E-state index in [2.05, 4.69) is 10.4 Å². The van der Waals surface area contributed by atoms with Crippen LogP contribution >= 0.6 is 23.2 Å². The summed E-state index contributed by atoms with van der Waals surface area (Å²) in [7, 11) is 0. The Labute approximate surface area is 315 Å². The van der Waals surface area contributed by atoms with Crippen molar-refractivity contribution in [3.05, 3.63) is 149 Å². The van der Waals surface area contributed by atoms with Crippen molar-refractivity contribution in [1.29, 1.82) is 0 Å². The fraction of sp³-hybridized carbons (Fsp3) is 0.179. The van der Waals surface area contributed by atoms with Crippen LogP contribution in [0, 0.1) is 24.0 Å². The van der Waals surface area contributed by atoms with Crippen LogP contribution in [0.1, 0.15) is 71.2 Å². The number of carbonyl (C=O) groups excluding carboxylic acids is 1. The molecule has 4 aromatic rings. The Morgan fingerprint density at radius 2 is 1.30 bits per heavy atom. The number of hydrogen-bond acceptors (Lipinski definition) is 7. The van der Waals surface area contributed by atoms with Crippen LogP contribution in [0.15, 0.2) is 94.4 Å². The Morgan fingerprint density at radius 1 is 0.792 bits per heavy atom. The molecule has 1 fully saturated rings. The van der Waals surface area contributed by atoms with Crippen LogP contribution in [0.5, 0.6) is 0 Å². The topological polar surface area (TPSA) is 167 Å². The number of nitro groups is 1. The maximum absolute atomic E-state index is 12.7. The van der Waals surface area contributed by atoms with Crippen molar-refractivity contribution in [2.45, 2.75) is 46.6 Å². The Morgan fingerprint density at radius 3 is 1.79 bits per heavy atom. The zero-order valence-electron chi connectivity index (χ0n) is 29.2. The molecular formula is C39H35Cl2N7O5. The lowest BCUT2D eigenvalue weighted by Crippen LogP contribution is -2.37. The molecule has 1 saturated carbocycles. The maximum Gasteiger partial charge on any atom is 0.432 e. The molecule has 0 atom stereocenters. The third-order valence-electron chi connectivity index (χ3n) is 8.83. The first kappa shape index (κ1) is 36.8. The van der Waals surface area contributed by atoms with Crippen molar-refractivity contribution < 1.29 is 19.6 Å². The highest BCUT2D eigenvalue weighted by molar-refractivity contribution is 6.32. The zero-order valence-corrected chi connectivity index (χ0v) is 30.7. The number of urea groups is 1. The second-order valence-electron chi connectivity index (χ2n) is 12.9. The van der Waals surface area contributed by atoms with Crippen LogP contribution < -0.4 is 11.1 Å². The van der Waals surface area contributed by atoms with E-state index in [1.807, 2.05) is 56.3 Å². The SMILES string of the molecule is CC1=Cc2ccc(Cl)cc2C(c2ccc(N)c(C)c2)=NN1C(=O)NC1CC1.CC1=Cc2ccc(Cl)cc2C(c2ccc([N+](=O)[O-])c(C)c2)=NN1C(=O)O. The molecular weight excluding hydrogens is 717 g/mol. The number of nitro benzene ring substituents is 1. The second-order valence-corrected chi connectivity index (χ2v) is 13.8. The number of carbonyl (C=O) groups is 2. The lowest BCUT2D eigenvalue weighted by atomic mass is 9.96. The van der Waals surface area contributed by atoms with Gasteiger partial charge in [0.25, 0.3) is 5.69 Å². The summed E-state index contributed by atoms with van der Waals surface area (Å²) < 4.78 is 0. The predicted octanol–water partition coefficient (Wildman–Crippen LogP) is 9.19. The summed E-state index contributed by atoms with van der Waals surface area (Å²) in [6.07, 6.45) is 4.47. The number of benzene rings is 4. The van der Waals surface area contributed by atoms with Crippen molar-refractivity contribution in [2.24, 2.45) is 10.2 Å². The van der Waals surface area contributed by atoms with Crippen LogP contribution in [0.3, 0.4) is 0 Å². The van der Waals surface area contributed by atoms with Gasteiger partial charge >= 0.3 is 12.1 Å². The monoisotopic (exact) mass is 751 g/mol. The number of carboxylic acid groups (broad SMARTS) is 1. The standard InChI is InChI=1S/C21H21ClN4O.C18H14ClN3O4/c1-12-9-15(4-8-19(12)23)20-18-11-16(22)5-3-14(18)10-13(2)26(25-20)21(27)24-17-6-7-17;1-10-7-13(4-6-16(10)22(25)26)17-15-9-14(19)5-3-12(15)8-11(2)21(20-17)18(23)24/h3-5,8-11,17H,6-7,23H2,1-2H3,(H,24,27);3-9H,1-2H3,(H,23,24). The molecule has 3 aliphatic rings. The highest BCUT2D eigenvalue weighted by atomic mass is 35.5. The van der Waals surface area contributed by atoms with E-state index in [-0.39, 0.29) is 17.8 Å². The molecule has 1 aliphatic carbocycles. The molecule has 0 spiro atoms. The molecule has 0 bridgehead atoms. The zero-order chi connectivity index (χ0) is 38.1. The first-order valence-electron chi connectivity index (χ1n) is 16.6. The average molecular weight is 753 g/mol. The smallest absolute Gasteiger partial charge is 0.432 e. The molecule has 7 rings (SSSR count). The summed E-state index contributed by atoms with van der Waals surface area (Å²) in [6.45, 7) is 7.10. The predicted molar refractivity (Wildman–Crippen MR) is 208 cm³/mol. The fourth-order valence-electron chi connectivity index (χ4n) is 5.88.